The highest BCUT2D eigenvalue weighted by Crippen LogP contribution is 2.44. The van der Waals surface area contributed by atoms with E-state index in [9.17, 15) is 14.0 Å². The quantitative estimate of drug-likeness (QED) is 0.699. The maximum atomic E-state index is 13.8. The molecule has 0 radical (unpaired) electrons. The van der Waals surface area contributed by atoms with Crippen LogP contribution in [0.5, 0.6) is 0 Å². The van der Waals surface area contributed by atoms with E-state index in [-0.39, 0.29) is 18.0 Å². The van der Waals surface area contributed by atoms with Gasteiger partial charge in [-0.25, -0.2) is 4.39 Å². The van der Waals surface area contributed by atoms with Crippen molar-refractivity contribution in [2.75, 3.05) is 13.1 Å². The Morgan fingerprint density at radius 1 is 1.50 bits per heavy atom. The third-order valence-electron chi connectivity index (χ3n) is 4.27. The lowest BCUT2D eigenvalue weighted by Gasteiger charge is -2.25. The highest BCUT2D eigenvalue weighted by atomic mass is 19.1. The van der Waals surface area contributed by atoms with Gasteiger partial charge in [0.1, 0.15) is 0 Å². The summed E-state index contributed by atoms with van der Waals surface area (Å²) >= 11 is 0. The Morgan fingerprint density at radius 2 is 2.22 bits per heavy atom. The monoisotopic (exact) mass is 252 g/mol. The summed E-state index contributed by atoms with van der Waals surface area (Å²) in [4.78, 5) is 27.3. The van der Waals surface area contributed by atoms with E-state index in [1.165, 1.54) is 0 Å². The molecule has 0 aromatic rings. The van der Waals surface area contributed by atoms with Gasteiger partial charge in [0.25, 0.3) is 5.91 Å². The van der Waals surface area contributed by atoms with Crippen molar-refractivity contribution in [1.82, 2.24) is 9.80 Å². The summed E-state index contributed by atoms with van der Waals surface area (Å²) in [5, 5.41) is 0. The van der Waals surface area contributed by atoms with Crippen molar-refractivity contribution in [2.24, 2.45) is 0 Å². The van der Waals surface area contributed by atoms with Crippen molar-refractivity contribution in [2.45, 2.75) is 43.4 Å². The molecule has 3 fully saturated rings. The van der Waals surface area contributed by atoms with E-state index in [2.05, 4.69) is 6.58 Å². The van der Waals surface area contributed by atoms with Crippen LogP contribution in [0.2, 0.25) is 0 Å². The molecule has 0 bridgehead atoms. The number of carbonyl (C=O) groups excluding carboxylic acids is 2. The molecule has 3 rings (SSSR count). The molecule has 4 nitrogen and oxygen atoms in total. The van der Waals surface area contributed by atoms with E-state index in [1.54, 1.807) is 15.9 Å². The van der Waals surface area contributed by atoms with Crippen LogP contribution in [0.15, 0.2) is 12.7 Å². The first-order chi connectivity index (χ1) is 8.57. The Labute approximate surface area is 105 Å². The molecule has 98 valence electrons. The normalized spacial score (nSPS) is 32.6. The van der Waals surface area contributed by atoms with E-state index in [0.29, 0.717) is 32.4 Å². The van der Waals surface area contributed by atoms with Crippen LogP contribution in [0.3, 0.4) is 0 Å². The van der Waals surface area contributed by atoms with Crippen LogP contribution < -0.4 is 0 Å². The molecular weight excluding hydrogens is 235 g/mol. The summed E-state index contributed by atoms with van der Waals surface area (Å²) in [6.45, 7) is 4.73. The van der Waals surface area contributed by atoms with Crippen molar-refractivity contribution in [3.8, 4) is 0 Å². The first kappa shape index (κ1) is 11.7. The second-order valence-electron chi connectivity index (χ2n) is 5.43. The van der Waals surface area contributed by atoms with Gasteiger partial charge in [-0.1, -0.05) is 6.08 Å². The Balaban J connectivity index is 1.76. The molecule has 18 heavy (non-hydrogen) atoms. The van der Waals surface area contributed by atoms with Gasteiger partial charge in [-0.05, 0) is 19.3 Å². The second-order valence-corrected chi connectivity index (χ2v) is 5.43. The zero-order chi connectivity index (χ0) is 12.9. The predicted molar refractivity (Wildman–Crippen MR) is 63.5 cm³/mol. The highest BCUT2D eigenvalue weighted by Gasteiger charge is 2.57. The molecule has 0 aromatic carbocycles. The molecular formula is C13H17FN2O2. The lowest BCUT2D eigenvalue weighted by molar-refractivity contribution is -0.139. The summed E-state index contributed by atoms with van der Waals surface area (Å²) in [5.74, 6) is -0.352. The van der Waals surface area contributed by atoms with Gasteiger partial charge in [0, 0.05) is 19.5 Å². The topological polar surface area (TPSA) is 40.6 Å². The molecule has 2 saturated heterocycles. The van der Waals surface area contributed by atoms with Crippen molar-refractivity contribution < 1.29 is 14.0 Å². The summed E-state index contributed by atoms with van der Waals surface area (Å²) < 4.78 is 13.8. The van der Waals surface area contributed by atoms with Crippen LogP contribution in [-0.2, 0) is 9.59 Å². The van der Waals surface area contributed by atoms with Crippen LogP contribution in [0, 0.1) is 0 Å². The molecule has 1 saturated carbocycles. The standard InChI is InChI=1S/C13H17FN2O2/c1-2-6-15-9-3-7-16(10(9)8-11(15)17)12(18)13(14)4-5-13/h2,9-10H,1,3-8H2. The van der Waals surface area contributed by atoms with Crippen molar-refractivity contribution in [3.63, 3.8) is 0 Å². The average molecular weight is 252 g/mol. The molecule has 2 aliphatic heterocycles. The van der Waals surface area contributed by atoms with E-state index >= 15 is 0 Å². The lowest BCUT2D eigenvalue weighted by atomic mass is 10.1. The summed E-state index contributed by atoms with van der Waals surface area (Å²) in [7, 11) is 0. The minimum atomic E-state index is -1.62. The van der Waals surface area contributed by atoms with Gasteiger partial charge in [-0.3, -0.25) is 9.59 Å². The minimum Gasteiger partial charge on any atom is -0.334 e. The van der Waals surface area contributed by atoms with Gasteiger partial charge < -0.3 is 9.80 Å². The average Bonchev–Trinajstić information content (AvgIpc) is 2.85. The third kappa shape index (κ3) is 1.56. The van der Waals surface area contributed by atoms with E-state index < -0.39 is 11.6 Å². The fraction of sp³-hybridized carbons (Fsp3) is 0.692. The molecule has 1 aliphatic carbocycles. The maximum Gasteiger partial charge on any atom is 0.260 e. The molecule has 3 aliphatic rings. The Hall–Kier alpha value is -1.39. The van der Waals surface area contributed by atoms with Gasteiger partial charge in [-0.15, -0.1) is 6.58 Å². The second kappa shape index (κ2) is 3.80. The largest absolute Gasteiger partial charge is 0.334 e. The Kier molecular flexibility index (Phi) is 2.47. The molecule has 0 aromatic heterocycles. The van der Waals surface area contributed by atoms with Crippen molar-refractivity contribution in [1.29, 1.82) is 0 Å². The van der Waals surface area contributed by atoms with Crippen LogP contribution in [0.25, 0.3) is 0 Å². The number of hydrogen-bond acceptors (Lipinski definition) is 2. The molecule has 0 spiro atoms. The van der Waals surface area contributed by atoms with Crippen molar-refractivity contribution >= 4 is 11.8 Å². The van der Waals surface area contributed by atoms with Crippen LogP contribution in [-0.4, -0.2) is 52.5 Å². The molecule has 2 heterocycles. The number of alkyl halides is 1. The van der Waals surface area contributed by atoms with Gasteiger partial charge in [0.2, 0.25) is 5.91 Å². The fourth-order valence-corrected chi connectivity index (χ4v) is 3.14. The van der Waals surface area contributed by atoms with Crippen LogP contribution in [0.1, 0.15) is 25.7 Å². The zero-order valence-electron chi connectivity index (χ0n) is 10.3. The molecule has 2 atom stereocenters. The lowest BCUT2D eigenvalue weighted by Crippen LogP contribution is -2.44. The SMILES string of the molecule is C=CCN1C(=O)CC2C1CCN2C(=O)C1(F)CC1. The summed E-state index contributed by atoms with van der Waals surface area (Å²) in [5.41, 5.74) is -1.62. The Morgan fingerprint density at radius 3 is 2.83 bits per heavy atom. The summed E-state index contributed by atoms with van der Waals surface area (Å²) in [6, 6.07) is -0.0695. The number of rotatable bonds is 3. The zero-order valence-corrected chi connectivity index (χ0v) is 10.3. The highest BCUT2D eigenvalue weighted by molar-refractivity contribution is 5.90. The number of hydrogen-bond donors (Lipinski definition) is 0. The minimum absolute atomic E-state index is 0.0473. The first-order valence-corrected chi connectivity index (χ1v) is 6.47. The van der Waals surface area contributed by atoms with Gasteiger partial charge in [0.05, 0.1) is 12.1 Å². The Bertz CT molecular complexity index is 419. The van der Waals surface area contributed by atoms with Crippen LogP contribution in [0.4, 0.5) is 4.39 Å². The fourth-order valence-electron chi connectivity index (χ4n) is 3.14. The molecule has 5 heteroatoms. The van der Waals surface area contributed by atoms with E-state index in [0.717, 1.165) is 6.42 Å². The maximum absolute atomic E-state index is 13.8. The molecule has 0 N–H and O–H groups in total. The van der Waals surface area contributed by atoms with Crippen LogP contribution >= 0.6 is 0 Å². The number of likely N-dealkylation sites (tertiary alicyclic amines) is 2. The molecule has 2 amide bonds. The predicted octanol–water partition coefficient (Wildman–Crippen LogP) is 0.876. The van der Waals surface area contributed by atoms with E-state index in [1.807, 2.05) is 0 Å². The third-order valence-corrected chi connectivity index (χ3v) is 4.27. The number of carbonyl (C=O) groups is 2. The number of amides is 2. The number of fused-ring (bicyclic) bond motifs is 1. The molecule has 2 unspecified atom stereocenters. The van der Waals surface area contributed by atoms with Crippen molar-refractivity contribution in [3.05, 3.63) is 12.7 Å². The smallest absolute Gasteiger partial charge is 0.260 e. The van der Waals surface area contributed by atoms with Gasteiger partial charge in [-0.2, -0.15) is 0 Å². The van der Waals surface area contributed by atoms with Gasteiger partial charge >= 0.3 is 0 Å². The van der Waals surface area contributed by atoms with E-state index in [4.69, 9.17) is 0 Å². The number of nitrogens with zero attached hydrogens (tertiary/aromatic N) is 2. The van der Waals surface area contributed by atoms with Gasteiger partial charge in [0.15, 0.2) is 5.67 Å². The number of halogens is 1. The summed E-state index contributed by atoms with van der Waals surface area (Å²) in [6.07, 6.45) is 3.46. The first-order valence-electron chi connectivity index (χ1n) is 6.47.